The van der Waals surface area contributed by atoms with Gasteiger partial charge in [0.1, 0.15) is 0 Å². The van der Waals surface area contributed by atoms with Crippen LogP contribution >= 0.6 is 0 Å². The molecule has 1 aliphatic rings. The van der Waals surface area contributed by atoms with Crippen molar-refractivity contribution in [2.45, 2.75) is 18.2 Å². The van der Waals surface area contributed by atoms with E-state index < -0.39 is 15.9 Å². The highest BCUT2D eigenvalue weighted by Gasteiger charge is 2.29. The highest BCUT2D eigenvalue weighted by molar-refractivity contribution is 7.89. The van der Waals surface area contributed by atoms with Crippen LogP contribution in [0.4, 0.5) is 5.69 Å². The summed E-state index contributed by atoms with van der Waals surface area (Å²) in [5.74, 6) is -0.755. The molecule has 9 nitrogen and oxygen atoms in total. The number of nitrogens with zero attached hydrogens (tertiary/aromatic N) is 2. The lowest BCUT2D eigenvalue weighted by Crippen LogP contribution is -2.49. The Kier molecular flexibility index (Phi) is 7.26. The minimum absolute atomic E-state index is 0.0140. The number of benzene rings is 2. The van der Waals surface area contributed by atoms with E-state index in [1.54, 1.807) is 29.2 Å². The Balaban J connectivity index is 1.77. The van der Waals surface area contributed by atoms with Crippen molar-refractivity contribution in [3.8, 4) is 0 Å². The number of amides is 3. The average Bonchev–Trinajstić information content (AvgIpc) is 2.80. The summed E-state index contributed by atoms with van der Waals surface area (Å²) in [6.07, 6.45) is 0.105. The molecule has 0 radical (unpaired) electrons. The molecule has 170 valence electrons. The lowest BCUT2D eigenvalue weighted by atomic mass is 10.1. The Morgan fingerprint density at radius 3 is 2.31 bits per heavy atom. The van der Waals surface area contributed by atoms with Gasteiger partial charge in [0.25, 0.3) is 5.91 Å². The number of sulfonamides is 1. The zero-order chi connectivity index (χ0) is 23.3. The van der Waals surface area contributed by atoms with Crippen LogP contribution in [-0.4, -0.2) is 68.6 Å². The number of rotatable bonds is 6. The van der Waals surface area contributed by atoms with Crippen molar-refractivity contribution in [3.05, 3.63) is 59.7 Å². The van der Waals surface area contributed by atoms with Gasteiger partial charge in [-0.2, -0.15) is 4.31 Å². The highest BCUT2D eigenvalue weighted by atomic mass is 32.2. The monoisotopic (exact) mass is 458 g/mol. The second kappa shape index (κ2) is 9.92. The quantitative estimate of drug-likeness (QED) is 0.672. The molecule has 0 spiro atoms. The van der Waals surface area contributed by atoms with Crippen molar-refractivity contribution in [3.63, 3.8) is 0 Å². The first kappa shape index (κ1) is 23.4. The molecule has 0 unspecified atom stereocenters. The molecule has 0 atom stereocenters. The highest BCUT2D eigenvalue weighted by Crippen LogP contribution is 2.21. The van der Waals surface area contributed by atoms with E-state index in [0.717, 1.165) is 0 Å². The van der Waals surface area contributed by atoms with Gasteiger partial charge < -0.3 is 15.5 Å². The predicted octanol–water partition coefficient (Wildman–Crippen LogP) is 1.08. The third-order valence-electron chi connectivity index (χ3n) is 5.31. The number of para-hydroxylation sites is 1. The van der Waals surface area contributed by atoms with E-state index in [1.165, 1.54) is 42.5 Å². The molecular weight excluding hydrogens is 432 g/mol. The van der Waals surface area contributed by atoms with Gasteiger partial charge in [-0.05, 0) is 29.8 Å². The van der Waals surface area contributed by atoms with Crippen LogP contribution in [0.25, 0.3) is 0 Å². The summed E-state index contributed by atoms with van der Waals surface area (Å²) >= 11 is 0. The normalized spacial score (nSPS) is 14.6. The van der Waals surface area contributed by atoms with E-state index in [-0.39, 0.29) is 41.8 Å². The number of piperazine rings is 1. The van der Waals surface area contributed by atoms with E-state index in [0.29, 0.717) is 24.3 Å². The van der Waals surface area contributed by atoms with E-state index >= 15 is 0 Å². The average molecular weight is 459 g/mol. The van der Waals surface area contributed by atoms with Gasteiger partial charge in [0.15, 0.2) is 0 Å². The van der Waals surface area contributed by atoms with Crippen molar-refractivity contribution in [1.29, 1.82) is 0 Å². The van der Waals surface area contributed by atoms with Gasteiger partial charge in [0.05, 0.1) is 11.3 Å². The van der Waals surface area contributed by atoms with Crippen LogP contribution in [-0.2, 0) is 26.0 Å². The number of anilines is 1. The van der Waals surface area contributed by atoms with Crippen molar-refractivity contribution < 1.29 is 22.8 Å². The third kappa shape index (κ3) is 5.32. The lowest BCUT2D eigenvalue weighted by molar-refractivity contribution is -0.130. The number of hydrogen-bond acceptors (Lipinski definition) is 5. The molecule has 3 rings (SSSR count). The van der Waals surface area contributed by atoms with Crippen molar-refractivity contribution in [2.75, 3.05) is 38.5 Å². The molecule has 0 aromatic heterocycles. The SMILES string of the molecule is CNC(=O)Cc1ccccc1NC(=O)c1cccc(S(=O)(=O)N2CCN(C(C)=O)CC2)c1. The van der Waals surface area contributed by atoms with Gasteiger partial charge in [0.2, 0.25) is 21.8 Å². The van der Waals surface area contributed by atoms with Crippen LogP contribution < -0.4 is 10.6 Å². The van der Waals surface area contributed by atoms with Crippen molar-refractivity contribution in [1.82, 2.24) is 14.5 Å². The Hall–Kier alpha value is -3.24. The van der Waals surface area contributed by atoms with E-state index in [9.17, 15) is 22.8 Å². The molecule has 32 heavy (non-hydrogen) atoms. The predicted molar refractivity (Wildman–Crippen MR) is 120 cm³/mol. The van der Waals surface area contributed by atoms with Crippen LogP contribution in [0.5, 0.6) is 0 Å². The van der Waals surface area contributed by atoms with Crippen LogP contribution in [0.3, 0.4) is 0 Å². The van der Waals surface area contributed by atoms with Crippen LogP contribution in [0.1, 0.15) is 22.8 Å². The molecule has 1 heterocycles. The molecule has 1 aliphatic heterocycles. The number of nitrogens with one attached hydrogen (secondary N) is 2. The summed E-state index contributed by atoms with van der Waals surface area (Å²) in [7, 11) is -2.27. The number of hydrogen-bond donors (Lipinski definition) is 2. The topological polar surface area (TPSA) is 116 Å². The first-order valence-electron chi connectivity index (χ1n) is 10.2. The summed E-state index contributed by atoms with van der Waals surface area (Å²) in [4.78, 5) is 37.7. The molecule has 3 amide bonds. The maximum atomic E-state index is 13.1. The Bertz CT molecular complexity index is 1120. The molecular formula is C22H26N4O5S. The van der Waals surface area contributed by atoms with E-state index in [4.69, 9.17) is 0 Å². The van der Waals surface area contributed by atoms with Gasteiger partial charge in [-0.3, -0.25) is 14.4 Å². The summed E-state index contributed by atoms with van der Waals surface area (Å²) in [6, 6.07) is 12.8. The fourth-order valence-corrected chi connectivity index (χ4v) is 4.91. The standard InChI is InChI=1S/C22H26N4O5S/c1-16(27)25-10-12-26(13-11-25)32(30,31)19-8-5-7-18(14-19)22(29)24-20-9-4-3-6-17(20)15-21(28)23-2/h3-9,14H,10-13,15H2,1-2H3,(H,23,28)(H,24,29). The van der Waals surface area contributed by atoms with Gasteiger partial charge in [-0.1, -0.05) is 24.3 Å². The Morgan fingerprint density at radius 1 is 0.969 bits per heavy atom. The van der Waals surface area contributed by atoms with Gasteiger partial charge >= 0.3 is 0 Å². The first-order chi connectivity index (χ1) is 15.2. The summed E-state index contributed by atoms with van der Waals surface area (Å²) < 4.78 is 27.4. The summed E-state index contributed by atoms with van der Waals surface area (Å²) in [6.45, 7) is 2.52. The number of carbonyl (C=O) groups is 3. The van der Waals surface area contributed by atoms with Crippen LogP contribution in [0.2, 0.25) is 0 Å². The minimum atomic E-state index is -3.81. The summed E-state index contributed by atoms with van der Waals surface area (Å²) in [5.41, 5.74) is 1.31. The number of carbonyl (C=O) groups excluding carboxylic acids is 3. The second-order valence-corrected chi connectivity index (χ2v) is 9.34. The van der Waals surface area contributed by atoms with E-state index in [2.05, 4.69) is 10.6 Å². The zero-order valence-electron chi connectivity index (χ0n) is 18.0. The fraction of sp³-hybridized carbons (Fsp3) is 0.318. The molecule has 2 aromatic carbocycles. The van der Waals surface area contributed by atoms with Crippen LogP contribution in [0, 0.1) is 0 Å². The molecule has 0 saturated carbocycles. The molecule has 2 aromatic rings. The largest absolute Gasteiger partial charge is 0.359 e. The minimum Gasteiger partial charge on any atom is -0.359 e. The van der Waals surface area contributed by atoms with Gasteiger partial charge in [-0.25, -0.2) is 8.42 Å². The zero-order valence-corrected chi connectivity index (χ0v) is 18.8. The van der Waals surface area contributed by atoms with Gasteiger partial charge in [-0.15, -0.1) is 0 Å². The molecule has 0 bridgehead atoms. The molecule has 1 saturated heterocycles. The van der Waals surface area contributed by atoms with Crippen molar-refractivity contribution in [2.24, 2.45) is 0 Å². The fourth-order valence-electron chi connectivity index (χ4n) is 3.44. The second-order valence-electron chi connectivity index (χ2n) is 7.40. The Labute approximate surface area is 187 Å². The Morgan fingerprint density at radius 2 is 1.66 bits per heavy atom. The first-order valence-corrected chi connectivity index (χ1v) is 11.6. The molecule has 0 aliphatic carbocycles. The lowest BCUT2D eigenvalue weighted by Gasteiger charge is -2.33. The number of likely N-dealkylation sites (N-methyl/N-ethyl adjacent to an activating group) is 1. The maximum Gasteiger partial charge on any atom is 0.255 e. The van der Waals surface area contributed by atoms with Crippen molar-refractivity contribution >= 4 is 33.4 Å². The molecule has 1 fully saturated rings. The smallest absolute Gasteiger partial charge is 0.255 e. The third-order valence-corrected chi connectivity index (χ3v) is 7.21. The molecule has 2 N–H and O–H groups in total. The van der Waals surface area contributed by atoms with E-state index in [1.807, 2.05) is 0 Å². The summed E-state index contributed by atoms with van der Waals surface area (Å²) in [5, 5.41) is 5.31. The molecule has 10 heteroatoms. The van der Waals surface area contributed by atoms with Crippen LogP contribution in [0.15, 0.2) is 53.4 Å². The maximum absolute atomic E-state index is 13.1. The van der Waals surface area contributed by atoms with Gasteiger partial charge in [0, 0.05) is 51.4 Å².